The van der Waals surface area contributed by atoms with Crippen LogP contribution >= 0.6 is 35.0 Å². The minimum atomic E-state index is -0.421. The predicted molar refractivity (Wildman–Crippen MR) is 52.2 cm³/mol. The van der Waals surface area contributed by atoms with Gasteiger partial charge in [0.2, 0.25) is 0 Å². The first-order chi connectivity index (χ1) is 6.02. The summed E-state index contributed by atoms with van der Waals surface area (Å²) in [7, 11) is 1.41. The minimum absolute atomic E-state index is 0.226. The number of aromatic nitrogens is 1. The summed E-state index contributed by atoms with van der Waals surface area (Å²) in [5.41, 5.74) is 0.226. The van der Waals surface area contributed by atoms with Crippen molar-refractivity contribution in [3.63, 3.8) is 0 Å². The quantitative estimate of drug-likeness (QED) is 0.557. The molecule has 0 saturated heterocycles. The van der Waals surface area contributed by atoms with Crippen LogP contribution in [0.1, 0.15) is 10.4 Å². The zero-order chi connectivity index (χ0) is 10.0. The molecule has 1 aromatic rings. The first-order valence-corrected chi connectivity index (χ1v) is 4.36. The molecule has 0 fully saturated rings. The van der Waals surface area contributed by atoms with Crippen LogP contribution in [0.5, 0.6) is 0 Å². The molecule has 1 aromatic heterocycles. The molecular formula is C7H5Cl3N2O. The van der Waals surface area contributed by atoms with Crippen LogP contribution in [0.3, 0.4) is 0 Å². The van der Waals surface area contributed by atoms with Gasteiger partial charge in [0.25, 0.3) is 5.91 Å². The van der Waals surface area contributed by atoms with E-state index in [1.807, 2.05) is 0 Å². The molecule has 0 bridgehead atoms. The molecule has 0 atom stereocenters. The topological polar surface area (TPSA) is 33.2 Å². The molecule has 1 amide bonds. The van der Waals surface area contributed by atoms with Gasteiger partial charge in [-0.1, -0.05) is 23.2 Å². The summed E-state index contributed by atoms with van der Waals surface area (Å²) in [6, 6.07) is 1.39. The van der Waals surface area contributed by atoms with Gasteiger partial charge in [-0.25, -0.2) is 4.98 Å². The molecule has 0 radical (unpaired) electrons. The number of carbonyl (C=O) groups is 1. The Labute approximate surface area is 90.3 Å². The van der Waals surface area contributed by atoms with E-state index in [9.17, 15) is 4.79 Å². The molecule has 70 valence electrons. The van der Waals surface area contributed by atoms with E-state index in [4.69, 9.17) is 35.0 Å². The van der Waals surface area contributed by atoms with Crippen molar-refractivity contribution in [3.8, 4) is 0 Å². The van der Waals surface area contributed by atoms with Gasteiger partial charge in [0.15, 0.2) is 0 Å². The summed E-state index contributed by atoms with van der Waals surface area (Å²) in [6.45, 7) is 0. The smallest absolute Gasteiger partial charge is 0.268 e. The fourth-order valence-electron chi connectivity index (χ4n) is 0.731. The molecule has 13 heavy (non-hydrogen) atoms. The van der Waals surface area contributed by atoms with Crippen LogP contribution in [0.2, 0.25) is 10.2 Å². The van der Waals surface area contributed by atoms with Crippen molar-refractivity contribution in [3.05, 3.63) is 28.0 Å². The molecule has 0 aliphatic heterocycles. The monoisotopic (exact) mass is 238 g/mol. The Morgan fingerprint density at radius 2 is 2.15 bits per heavy atom. The van der Waals surface area contributed by atoms with Crippen molar-refractivity contribution in [1.29, 1.82) is 0 Å². The van der Waals surface area contributed by atoms with Gasteiger partial charge in [-0.3, -0.25) is 9.21 Å². The fourth-order valence-corrected chi connectivity index (χ4v) is 1.27. The van der Waals surface area contributed by atoms with Crippen LogP contribution in [0.25, 0.3) is 0 Å². The zero-order valence-corrected chi connectivity index (χ0v) is 8.86. The number of rotatable bonds is 1. The maximum absolute atomic E-state index is 11.3. The summed E-state index contributed by atoms with van der Waals surface area (Å²) >= 11 is 16.7. The molecule has 1 rings (SSSR count). The van der Waals surface area contributed by atoms with E-state index in [1.165, 1.54) is 19.3 Å². The SMILES string of the molecule is CN(Cl)C(=O)c1cnc(Cl)cc1Cl. The average molecular weight is 239 g/mol. The molecule has 0 saturated carbocycles. The maximum atomic E-state index is 11.3. The second-order valence-electron chi connectivity index (χ2n) is 2.27. The number of amides is 1. The van der Waals surface area contributed by atoms with Crippen LogP contribution < -0.4 is 0 Å². The zero-order valence-electron chi connectivity index (χ0n) is 6.59. The summed E-state index contributed by atoms with van der Waals surface area (Å²) in [5, 5.41) is 0.469. The van der Waals surface area contributed by atoms with E-state index in [1.54, 1.807) is 0 Å². The first-order valence-electron chi connectivity index (χ1n) is 3.27. The first kappa shape index (κ1) is 10.6. The second-order valence-corrected chi connectivity index (χ2v) is 3.57. The normalized spacial score (nSPS) is 9.85. The summed E-state index contributed by atoms with van der Waals surface area (Å²) < 4.78 is 0.900. The Balaban J connectivity index is 3.09. The van der Waals surface area contributed by atoms with Crippen LogP contribution in [0.4, 0.5) is 0 Å². The molecule has 0 aliphatic rings. The van der Waals surface area contributed by atoms with E-state index in [0.717, 1.165) is 4.42 Å². The lowest BCUT2D eigenvalue weighted by Crippen LogP contribution is -2.16. The van der Waals surface area contributed by atoms with Crippen LogP contribution in [0.15, 0.2) is 12.3 Å². The van der Waals surface area contributed by atoms with Gasteiger partial charge in [0.05, 0.1) is 10.6 Å². The highest BCUT2D eigenvalue weighted by Crippen LogP contribution is 2.20. The van der Waals surface area contributed by atoms with Crippen molar-refractivity contribution >= 4 is 40.9 Å². The molecule has 0 aliphatic carbocycles. The lowest BCUT2D eigenvalue weighted by molar-refractivity contribution is 0.0884. The molecule has 3 nitrogen and oxygen atoms in total. The molecule has 0 aromatic carbocycles. The molecular weight excluding hydrogens is 234 g/mol. The highest BCUT2D eigenvalue weighted by Gasteiger charge is 2.14. The Bertz CT molecular complexity index is 341. The number of hydrogen-bond acceptors (Lipinski definition) is 2. The molecule has 1 heterocycles. The Hall–Kier alpha value is -0.510. The van der Waals surface area contributed by atoms with Crippen LogP contribution in [-0.4, -0.2) is 22.4 Å². The van der Waals surface area contributed by atoms with E-state index in [2.05, 4.69) is 4.98 Å². The summed E-state index contributed by atoms with van der Waals surface area (Å²) in [4.78, 5) is 15.0. The number of pyridine rings is 1. The standard InChI is InChI=1S/C7H5Cl3N2O/c1-12(10)7(13)4-3-11-6(9)2-5(4)8/h2-3H,1H3. The van der Waals surface area contributed by atoms with E-state index >= 15 is 0 Å². The molecule has 0 unspecified atom stereocenters. The molecule has 0 spiro atoms. The van der Waals surface area contributed by atoms with Crippen molar-refractivity contribution < 1.29 is 4.79 Å². The van der Waals surface area contributed by atoms with Crippen LogP contribution in [-0.2, 0) is 0 Å². The predicted octanol–water partition coefficient (Wildman–Crippen LogP) is 2.61. The number of carbonyl (C=O) groups excluding carboxylic acids is 1. The van der Waals surface area contributed by atoms with Gasteiger partial charge in [-0.15, -0.1) is 0 Å². The maximum Gasteiger partial charge on any atom is 0.271 e. The van der Waals surface area contributed by atoms with Crippen molar-refractivity contribution in [2.45, 2.75) is 0 Å². The van der Waals surface area contributed by atoms with Gasteiger partial charge in [-0.05, 0) is 6.07 Å². The average Bonchev–Trinajstić information content (AvgIpc) is 2.03. The number of halogens is 3. The Morgan fingerprint density at radius 3 is 2.62 bits per heavy atom. The van der Waals surface area contributed by atoms with E-state index < -0.39 is 5.91 Å². The van der Waals surface area contributed by atoms with Gasteiger partial charge in [0, 0.05) is 25.0 Å². The summed E-state index contributed by atoms with van der Waals surface area (Å²) in [6.07, 6.45) is 1.28. The van der Waals surface area contributed by atoms with Gasteiger partial charge in [-0.2, -0.15) is 0 Å². The second kappa shape index (κ2) is 4.13. The molecule has 6 heteroatoms. The van der Waals surface area contributed by atoms with Crippen molar-refractivity contribution in [2.75, 3.05) is 7.05 Å². The highest BCUT2D eigenvalue weighted by molar-refractivity contribution is 6.37. The minimum Gasteiger partial charge on any atom is -0.268 e. The Morgan fingerprint density at radius 1 is 1.54 bits per heavy atom. The van der Waals surface area contributed by atoms with Crippen molar-refractivity contribution in [1.82, 2.24) is 9.40 Å². The molecule has 0 N–H and O–H groups in total. The van der Waals surface area contributed by atoms with Gasteiger partial charge < -0.3 is 0 Å². The van der Waals surface area contributed by atoms with Gasteiger partial charge >= 0.3 is 0 Å². The number of nitrogens with zero attached hydrogens (tertiary/aromatic N) is 2. The van der Waals surface area contributed by atoms with E-state index in [-0.39, 0.29) is 15.7 Å². The van der Waals surface area contributed by atoms with E-state index in [0.29, 0.717) is 0 Å². The Kier molecular flexibility index (Phi) is 3.36. The third kappa shape index (κ3) is 2.46. The van der Waals surface area contributed by atoms with Crippen LogP contribution in [0, 0.1) is 0 Å². The third-order valence-electron chi connectivity index (χ3n) is 1.33. The highest BCUT2D eigenvalue weighted by atomic mass is 35.5. The largest absolute Gasteiger partial charge is 0.271 e. The summed E-state index contributed by atoms with van der Waals surface area (Å²) in [5.74, 6) is -0.421. The third-order valence-corrected chi connectivity index (χ3v) is 2.00. The fraction of sp³-hybridized carbons (Fsp3) is 0.143. The lowest BCUT2D eigenvalue weighted by atomic mass is 10.3. The van der Waals surface area contributed by atoms with Gasteiger partial charge in [0.1, 0.15) is 5.15 Å². The lowest BCUT2D eigenvalue weighted by Gasteiger charge is -2.07. The van der Waals surface area contributed by atoms with Crippen molar-refractivity contribution in [2.24, 2.45) is 0 Å². The number of hydrogen-bond donors (Lipinski definition) is 0.